The van der Waals surface area contributed by atoms with Crippen molar-refractivity contribution < 1.29 is 19.5 Å². The molecule has 2 aromatic carbocycles. The monoisotopic (exact) mass is 325 g/mol. The van der Waals surface area contributed by atoms with Gasteiger partial charge in [-0.25, -0.2) is 4.79 Å². The first kappa shape index (κ1) is 17.0. The molecule has 1 amide bonds. The minimum absolute atomic E-state index is 0.0629. The van der Waals surface area contributed by atoms with Crippen LogP contribution in [0.1, 0.15) is 17.3 Å². The predicted molar refractivity (Wildman–Crippen MR) is 87.5 cm³/mol. The summed E-state index contributed by atoms with van der Waals surface area (Å²) in [5.74, 6) is -2.30. The minimum atomic E-state index is -1.35. The number of hydrogen-bond acceptors (Lipinski definition) is 5. The van der Waals surface area contributed by atoms with Crippen LogP contribution in [0.25, 0.3) is 0 Å². The number of aromatic carboxylic acids is 1. The molecule has 7 nitrogen and oxygen atoms in total. The van der Waals surface area contributed by atoms with Gasteiger partial charge in [0, 0.05) is 5.69 Å². The molecule has 24 heavy (non-hydrogen) atoms. The van der Waals surface area contributed by atoms with E-state index in [4.69, 9.17) is 5.11 Å². The number of azo groups is 1. The second-order valence-electron chi connectivity index (χ2n) is 4.91. The van der Waals surface area contributed by atoms with Crippen molar-refractivity contribution in [2.45, 2.75) is 13.0 Å². The number of hydrogen-bond donors (Lipinski definition) is 2. The van der Waals surface area contributed by atoms with Crippen LogP contribution in [0.5, 0.6) is 0 Å². The molecule has 7 heteroatoms. The molecule has 2 rings (SSSR count). The maximum atomic E-state index is 12.2. The lowest BCUT2D eigenvalue weighted by atomic mass is 10.2. The summed E-state index contributed by atoms with van der Waals surface area (Å²) in [7, 11) is 0. The summed E-state index contributed by atoms with van der Waals surface area (Å²) in [6, 6.07) is 13.2. The summed E-state index contributed by atoms with van der Waals surface area (Å²) in [6.45, 7) is 1.22. The molecule has 0 aliphatic heterocycles. The number of anilines is 1. The third kappa shape index (κ3) is 4.33. The molecule has 2 aromatic rings. The Bertz CT molecular complexity index is 787. The van der Waals surface area contributed by atoms with Crippen molar-refractivity contribution in [2.24, 2.45) is 10.2 Å². The van der Waals surface area contributed by atoms with E-state index in [0.29, 0.717) is 5.69 Å². The van der Waals surface area contributed by atoms with Crippen LogP contribution in [0.4, 0.5) is 11.4 Å². The van der Waals surface area contributed by atoms with Crippen molar-refractivity contribution in [2.75, 3.05) is 5.32 Å². The maximum Gasteiger partial charge on any atom is 0.337 e. The van der Waals surface area contributed by atoms with Gasteiger partial charge < -0.3 is 10.4 Å². The van der Waals surface area contributed by atoms with Gasteiger partial charge in [0.2, 0.25) is 6.04 Å². The molecule has 1 atom stereocenters. The van der Waals surface area contributed by atoms with Gasteiger partial charge in [0.25, 0.3) is 5.91 Å². The lowest BCUT2D eigenvalue weighted by molar-refractivity contribution is -0.126. The molecule has 0 aromatic heterocycles. The number of nitrogens with one attached hydrogen (secondary N) is 1. The Morgan fingerprint density at radius 1 is 1.00 bits per heavy atom. The molecule has 122 valence electrons. The SMILES string of the molecule is CC(=O)C(N=Nc1ccccc1C(=O)O)C(=O)Nc1ccccc1. The zero-order chi connectivity index (χ0) is 17.5. The Morgan fingerprint density at radius 2 is 1.62 bits per heavy atom. The zero-order valence-corrected chi connectivity index (χ0v) is 12.8. The van der Waals surface area contributed by atoms with Gasteiger partial charge in [-0.3, -0.25) is 9.59 Å². The van der Waals surface area contributed by atoms with Crippen molar-refractivity contribution in [1.82, 2.24) is 0 Å². The largest absolute Gasteiger partial charge is 0.478 e. The van der Waals surface area contributed by atoms with Crippen molar-refractivity contribution in [3.05, 3.63) is 60.2 Å². The summed E-state index contributed by atoms with van der Waals surface area (Å²) in [6.07, 6.45) is 0. The average Bonchev–Trinajstić information content (AvgIpc) is 2.56. The smallest absolute Gasteiger partial charge is 0.337 e. The van der Waals surface area contributed by atoms with Crippen LogP contribution in [-0.4, -0.2) is 28.8 Å². The van der Waals surface area contributed by atoms with E-state index < -0.39 is 23.7 Å². The van der Waals surface area contributed by atoms with Crippen LogP contribution in [0.3, 0.4) is 0 Å². The molecule has 0 saturated carbocycles. The Kier molecular flexibility index (Phi) is 5.51. The number of carbonyl (C=O) groups is 3. The van der Waals surface area contributed by atoms with E-state index in [2.05, 4.69) is 15.5 Å². The molecule has 0 radical (unpaired) electrons. The van der Waals surface area contributed by atoms with E-state index in [1.807, 2.05) is 0 Å². The topological polar surface area (TPSA) is 108 Å². The Hall–Kier alpha value is -3.35. The molecule has 1 unspecified atom stereocenters. The fourth-order valence-electron chi connectivity index (χ4n) is 1.91. The Labute approximate surface area is 138 Å². The van der Waals surface area contributed by atoms with Crippen molar-refractivity contribution in [1.29, 1.82) is 0 Å². The molecular formula is C17H15N3O4. The highest BCUT2D eigenvalue weighted by Crippen LogP contribution is 2.20. The molecular weight excluding hydrogens is 310 g/mol. The van der Waals surface area contributed by atoms with Gasteiger partial charge in [-0.05, 0) is 31.2 Å². The lowest BCUT2D eigenvalue weighted by Gasteiger charge is -2.09. The molecule has 0 bridgehead atoms. The molecule has 0 heterocycles. The quantitative estimate of drug-likeness (QED) is 0.628. The third-order valence-corrected chi connectivity index (χ3v) is 3.09. The van der Waals surface area contributed by atoms with Gasteiger partial charge in [-0.2, -0.15) is 10.2 Å². The number of carbonyl (C=O) groups excluding carboxylic acids is 2. The van der Waals surface area contributed by atoms with Crippen LogP contribution in [0.2, 0.25) is 0 Å². The second-order valence-corrected chi connectivity index (χ2v) is 4.91. The minimum Gasteiger partial charge on any atom is -0.478 e. The van der Waals surface area contributed by atoms with Crippen LogP contribution in [-0.2, 0) is 9.59 Å². The van der Waals surface area contributed by atoms with Gasteiger partial charge in [0.05, 0.1) is 11.3 Å². The molecule has 0 aliphatic rings. The molecule has 0 aliphatic carbocycles. The van der Waals surface area contributed by atoms with Crippen LogP contribution < -0.4 is 5.32 Å². The maximum absolute atomic E-state index is 12.2. The van der Waals surface area contributed by atoms with Crippen molar-refractivity contribution in [3.63, 3.8) is 0 Å². The van der Waals surface area contributed by atoms with E-state index >= 15 is 0 Å². The number of carboxylic acid groups (broad SMARTS) is 1. The third-order valence-electron chi connectivity index (χ3n) is 3.09. The van der Waals surface area contributed by atoms with Crippen LogP contribution in [0.15, 0.2) is 64.8 Å². The van der Waals surface area contributed by atoms with Gasteiger partial charge in [-0.15, -0.1) is 0 Å². The van der Waals surface area contributed by atoms with Crippen molar-refractivity contribution >= 4 is 29.0 Å². The summed E-state index contributed by atoms with van der Waals surface area (Å²) in [5.41, 5.74) is 0.533. The number of benzene rings is 2. The normalized spacial score (nSPS) is 11.9. The zero-order valence-electron chi connectivity index (χ0n) is 12.8. The molecule has 0 fully saturated rings. The first-order valence-electron chi connectivity index (χ1n) is 7.08. The van der Waals surface area contributed by atoms with Gasteiger partial charge in [0.15, 0.2) is 5.78 Å². The lowest BCUT2D eigenvalue weighted by Crippen LogP contribution is -2.31. The summed E-state index contributed by atoms with van der Waals surface area (Å²) < 4.78 is 0. The number of nitrogens with zero attached hydrogens (tertiary/aromatic N) is 2. The van der Waals surface area contributed by atoms with E-state index in [0.717, 1.165) is 0 Å². The van der Waals surface area contributed by atoms with Crippen molar-refractivity contribution in [3.8, 4) is 0 Å². The van der Waals surface area contributed by atoms with E-state index in [-0.39, 0.29) is 11.3 Å². The highest BCUT2D eigenvalue weighted by molar-refractivity contribution is 6.10. The van der Waals surface area contributed by atoms with Crippen LogP contribution >= 0.6 is 0 Å². The number of ketones is 1. The van der Waals surface area contributed by atoms with E-state index in [1.54, 1.807) is 42.5 Å². The summed E-state index contributed by atoms with van der Waals surface area (Å²) in [4.78, 5) is 35.0. The number of carboxylic acids is 1. The average molecular weight is 325 g/mol. The summed E-state index contributed by atoms with van der Waals surface area (Å²) in [5, 5.41) is 19.2. The highest BCUT2D eigenvalue weighted by Gasteiger charge is 2.23. The Morgan fingerprint density at radius 3 is 2.25 bits per heavy atom. The molecule has 0 spiro atoms. The highest BCUT2D eigenvalue weighted by atomic mass is 16.4. The van der Waals surface area contributed by atoms with E-state index in [1.165, 1.54) is 19.1 Å². The van der Waals surface area contributed by atoms with Gasteiger partial charge in [0.1, 0.15) is 0 Å². The molecule has 0 saturated heterocycles. The second kappa shape index (κ2) is 7.77. The fraction of sp³-hybridized carbons (Fsp3) is 0.118. The number of Topliss-reactive ketones (excluding diaryl/α,β-unsaturated/α-hetero) is 1. The number of rotatable bonds is 6. The van der Waals surface area contributed by atoms with Crippen LogP contribution in [0, 0.1) is 0 Å². The van der Waals surface area contributed by atoms with Gasteiger partial charge in [-0.1, -0.05) is 30.3 Å². The first-order chi connectivity index (χ1) is 11.5. The number of amides is 1. The van der Waals surface area contributed by atoms with E-state index in [9.17, 15) is 14.4 Å². The fourth-order valence-corrected chi connectivity index (χ4v) is 1.91. The summed E-state index contributed by atoms with van der Waals surface area (Å²) >= 11 is 0. The molecule has 2 N–H and O–H groups in total. The predicted octanol–water partition coefficient (Wildman–Crippen LogP) is 3.06. The van der Waals surface area contributed by atoms with Gasteiger partial charge >= 0.3 is 5.97 Å². The Balaban J connectivity index is 2.21. The number of para-hydroxylation sites is 1. The standard InChI is InChI=1S/C17H15N3O4/c1-11(21)15(16(22)18-12-7-3-2-4-8-12)20-19-14-10-6-5-9-13(14)17(23)24/h2-10,15H,1H3,(H,18,22)(H,23,24). The first-order valence-corrected chi connectivity index (χ1v) is 7.08.